The fourth-order valence-corrected chi connectivity index (χ4v) is 5.18. The van der Waals surface area contributed by atoms with Gasteiger partial charge >= 0.3 is 6.09 Å². The Morgan fingerprint density at radius 3 is 2.95 bits per heavy atom. The highest BCUT2D eigenvalue weighted by Gasteiger charge is 2.36. The van der Waals surface area contributed by atoms with Gasteiger partial charge in [0.2, 0.25) is 0 Å². The van der Waals surface area contributed by atoms with E-state index in [1.807, 2.05) is 6.07 Å². The Hall–Kier alpha value is -3.48. The first-order valence-electron chi connectivity index (χ1n) is 12.8. The number of nitrogens with one attached hydrogen (secondary N) is 2. The molecule has 0 saturated carbocycles. The van der Waals surface area contributed by atoms with E-state index in [-0.39, 0.29) is 30.4 Å². The standard InChI is InChI=1S/C26H30FN5O6/c27-20-8-18(37-14-26(28)12-35-13-26)7-16-5-15(6-19(16)20)9-29-4-3-17-10-32(25(34)38-17)22-2-1-21-24(30-22)31-23(33)11-36-21/h1-2,7-8,15,17,29H,3-6,9-14,28H2,(H,30,31,33). The number of nitrogens with two attached hydrogens (primary N) is 1. The zero-order valence-electron chi connectivity index (χ0n) is 20.8. The smallest absolute Gasteiger partial charge is 0.415 e. The number of ether oxygens (including phenoxy) is 4. The fraction of sp³-hybridized carbons (Fsp3) is 0.500. The molecular formula is C26H30FN5O6. The molecule has 2 atom stereocenters. The number of rotatable bonds is 9. The number of amides is 2. The van der Waals surface area contributed by atoms with Gasteiger partial charge in [-0.3, -0.25) is 9.69 Å². The number of aromatic nitrogens is 1. The molecule has 4 heterocycles. The van der Waals surface area contributed by atoms with Crippen LogP contribution in [0.3, 0.4) is 0 Å². The molecule has 38 heavy (non-hydrogen) atoms. The summed E-state index contributed by atoms with van der Waals surface area (Å²) in [5.41, 5.74) is 7.34. The number of hydrogen-bond donors (Lipinski definition) is 3. The Morgan fingerprint density at radius 2 is 2.13 bits per heavy atom. The minimum absolute atomic E-state index is 0.0578. The number of benzene rings is 1. The van der Waals surface area contributed by atoms with Crippen molar-refractivity contribution in [2.45, 2.75) is 30.9 Å². The first-order valence-corrected chi connectivity index (χ1v) is 12.8. The summed E-state index contributed by atoms with van der Waals surface area (Å²) in [6.45, 7) is 2.88. The highest BCUT2D eigenvalue weighted by molar-refractivity contribution is 5.95. The first-order chi connectivity index (χ1) is 18.3. The second-order valence-electron chi connectivity index (χ2n) is 10.4. The van der Waals surface area contributed by atoms with Gasteiger partial charge in [0.1, 0.15) is 30.1 Å². The Bertz CT molecular complexity index is 1250. The third-order valence-corrected chi connectivity index (χ3v) is 7.25. The maximum atomic E-state index is 14.7. The molecule has 11 nitrogen and oxygen atoms in total. The lowest BCUT2D eigenvalue weighted by atomic mass is 10.0. The van der Waals surface area contributed by atoms with Crippen molar-refractivity contribution in [3.05, 3.63) is 41.2 Å². The lowest BCUT2D eigenvalue weighted by molar-refractivity contribution is -0.118. The van der Waals surface area contributed by atoms with Crippen molar-refractivity contribution in [1.82, 2.24) is 10.3 Å². The van der Waals surface area contributed by atoms with Crippen LogP contribution in [0, 0.1) is 11.7 Å². The lowest BCUT2D eigenvalue weighted by Gasteiger charge is -2.37. The third kappa shape index (κ3) is 5.11. The van der Waals surface area contributed by atoms with Gasteiger partial charge in [0.25, 0.3) is 5.91 Å². The molecule has 4 N–H and O–H groups in total. The van der Waals surface area contributed by atoms with Crippen LogP contribution in [0.5, 0.6) is 11.5 Å². The number of carbonyl (C=O) groups excluding carboxylic acids is 2. The van der Waals surface area contributed by atoms with Crippen LogP contribution in [-0.4, -0.2) is 74.7 Å². The predicted molar refractivity (Wildman–Crippen MR) is 134 cm³/mol. The molecule has 2 aromatic rings. The average molecular weight is 528 g/mol. The number of cyclic esters (lactones) is 1. The van der Waals surface area contributed by atoms with Gasteiger partial charge < -0.3 is 35.3 Å². The summed E-state index contributed by atoms with van der Waals surface area (Å²) < 4.78 is 36.4. The first kappa shape index (κ1) is 24.8. The van der Waals surface area contributed by atoms with Crippen molar-refractivity contribution in [2.75, 3.05) is 56.3 Å². The topological polar surface area (TPSA) is 137 Å². The van der Waals surface area contributed by atoms with Crippen LogP contribution in [0.2, 0.25) is 0 Å². The zero-order chi connectivity index (χ0) is 26.3. The molecule has 1 aromatic carbocycles. The number of hydrogen-bond acceptors (Lipinski definition) is 9. The summed E-state index contributed by atoms with van der Waals surface area (Å²) >= 11 is 0. The minimum Gasteiger partial charge on any atom is -0.491 e. The van der Waals surface area contributed by atoms with Gasteiger partial charge in [-0.1, -0.05) is 0 Å². The van der Waals surface area contributed by atoms with E-state index < -0.39 is 11.6 Å². The molecule has 2 saturated heterocycles. The molecule has 6 rings (SSSR count). The van der Waals surface area contributed by atoms with Crippen molar-refractivity contribution < 1.29 is 32.9 Å². The van der Waals surface area contributed by atoms with Gasteiger partial charge in [-0.25, -0.2) is 14.2 Å². The van der Waals surface area contributed by atoms with Gasteiger partial charge in [0.15, 0.2) is 18.2 Å². The Balaban J connectivity index is 0.959. The maximum Gasteiger partial charge on any atom is 0.415 e. The molecule has 1 aliphatic carbocycles. The monoisotopic (exact) mass is 527 g/mol. The largest absolute Gasteiger partial charge is 0.491 e. The molecule has 4 aliphatic rings. The summed E-state index contributed by atoms with van der Waals surface area (Å²) in [6, 6.07) is 6.70. The molecule has 2 amide bonds. The number of halogens is 1. The van der Waals surface area contributed by atoms with E-state index in [4.69, 9.17) is 24.7 Å². The average Bonchev–Trinajstić information content (AvgIpc) is 3.47. The molecule has 12 heteroatoms. The number of nitrogens with zero attached hydrogens (tertiary/aromatic N) is 2. The SMILES string of the molecule is NC1(COc2cc(F)c3c(c2)CC(CNCCC2CN(c4ccc5c(n4)NC(=O)CO5)C(=O)O2)C3)COC1. The van der Waals surface area contributed by atoms with E-state index in [0.717, 1.165) is 24.1 Å². The Morgan fingerprint density at radius 1 is 1.26 bits per heavy atom. The van der Waals surface area contributed by atoms with Crippen LogP contribution >= 0.6 is 0 Å². The van der Waals surface area contributed by atoms with Gasteiger partial charge in [-0.2, -0.15) is 0 Å². The van der Waals surface area contributed by atoms with E-state index in [9.17, 15) is 14.0 Å². The second kappa shape index (κ2) is 10.0. The minimum atomic E-state index is -0.490. The molecule has 0 bridgehead atoms. The van der Waals surface area contributed by atoms with E-state index in [1.54, 1.807) is 12.1 Å². The van der Waals surface area contributed by atoms with Gasteiger partial charge in [0, 0.05) is 6.07 Å². The third-order valence-electron chi connectivity index (χ3n) is 7.25. The molecule has 2 unspecified atom stereocenters. The number of carbonyl (C=O) groups is 2. The normalized spacial score (nSPS) is 23.2. The molecule has 3 aliphatic heterocycles. The Kier molecular flexibility index (Phi) is 6.54. The molecule has 1 aromatic heterocycles. The Labute approximate surface area is 218 Å². The second-order valence-corrected chi connectivity index (χ2v) is 10.4. The summed E-state index contributed by atoms with van der Waals surface area (Å²) in [4.78, 5) is 29.8. The summed E-state index contributed by atoms with van der Waals surface area (Å²) in [5.74, 6) is 1.40. The summed E-state index contributed by atoms with van der Waals surface area (Å²) in [7, 11) is 0. The summed E-state index contributed by atoms with van der Waals surface area (Å²) in [5, 5.41) is 6.07. The van der Waals surface area contributed by atoms with Crippen LogP contribution in [0.25, 0.3) is 0 Å². The predicted octanol–water partition coefficient (Wildman–Crippen LogP) is 1.38. The molecule has 0 spiro atoms. The van der Waals surface area contributed by atoms with E-state index >= 15 is 0 Å². The van der Waals surface area contributed by atoms with Gasteiger partial charge in [-0.05, 0) is 67.6 Å². The molecule has 0 radical (unpaired) electrons. The van der Waals surface area contributed by atoms with Crippen LogP contribution in [0.4, 0.5) is 20.8 Å². The van der Waals surface area contributed by atoms with Crippen LogP contribution in [-0.2, 0) is 27.1 Å². The van der Waals surface area contributed by atoms with E-state index in [2.05, 4.69) is 15.6 Å². The quantitative estimate of drug-likeness (QED) is 0.413. The summed E-state index contributed by atoms with van der Waals surface area (Å²) in [6.07, 6.45) is 1.30. The van der Waals surface area contributed by atoms with Crippen molar-refractivity contribution in [3.8, 4) is 11.5 Å². The van der Waals surface area contributed by atoms with Gasteiger partial charge in [0.05, 0.1) is 25.3 Å². The highest BCUT2D eigenvalue weighted by Crippen LogP contribution is 2.33. The molecule has 2 fully saturated rings. The number of fused-ring (bicyclic) bond motifs is 2. The zero-order valence-corrected chi connectivity index (χ0v) is 20.8. The van der Waals surface area contributed by atoms with Crippen LogP contribution in [0.15, 0.2) is 24.3 Å². The number of pyridine rings is 1. The fourth-order valence-electron chi connectivity index (χ4n) is 5.18. The lowest BCUT2D eigenvalue weighted by Crippen LogP contribution is -2.61. The highest BCUT2D eigenvalue weighted by atomic mass is 19.1. The van der Waals surface area contributed by atoms with Crippen molar-refractivity contribution in [1.29, 1.82) is 0 Å². The number of anilines is 2. The van der Waals surface area contributed by atoms with Crippen molar-refractivity contribution in [2.24, 2.45) is 11.7 Å². The molecular weight excluding hydrogens is 497 g/mol. The van der Waals surface area contributed by atoms with Crippen molar-refractivity contribution in [3.63, 3.8) is 0 Å². The van der Waals surface area contributed by atoms with Crippen LogP contribution < -0.4 is 30.7 Å². The van der Waals surface area contributed by atoms with E-state index in [0.29, 0.717) is 68.9 Å². The van der Waals surface area contributed by atoms with Crippen molar-refractivity contribution >= 4 is 23.6 Å². The van der Waals surface area contributed by atoms with E-state index in [1.165, 1.54) is 11.0 Å². The van der Waals surface area contributed by atoms with Crippen LogP contribution in [0.1, 0.15) is 17.5 Å². The maximum absolute atomic E-state index is 14.7. The van der Waals surface area contributed by atoms with Gasteiger partial charge in [-0.15, -0.1) is 0 Å². The molecule has 202 valence electrons.